The molecule has 0 amide bonds. The number of nitrogens with zero attached hydrogens (tertiary/aromatic N) is 1. The van der Waals surface area contributed by atoms with Gasteiger partial charge in [0.05, 0.1) is 0 Å². The van der Waals surface area contributed by atoms with E-state index in [1.54, 1.807) is 11.1 Å². The minimum atomic E-state index is 0.0547. The minimum absolute atomic E-state index is 0.0547. The van der Waals surface area contributed by atoms with Gasteiger partial charge in [0.1, 0.15) is 0 Å². The van der Waals surface area contributed by atoms with E-state index >= 15 is 0 Å². The number of hydrogen-bond acceptors (Lipinski definition) is 2. The largest absolute Gasteiger partial charge is 0.310 e. The first-order valence-electron chi connectivity index (χ1n) is 20.8. The number of fused-ring (bicyclic) bond motifs is 3. The third-order valence-corrected chi connectivity index (χ3v) is 16.2. The van der Waals surface area contributed by atoms with Gasteiger partial charge in [-0.3, -0.25) is 0 Å². The molecule has 4 saturated carbocycles. The van der Waals surface area contributed by atoms with E-state index in [-0.39, 0.29) is 16.2 Å². The molecular formula is C53H51NS. The van der Waals surface area contributed by atoms with Crippen molar-refractivity contribution in [1.82, 2.24) is 0 Å². The molecule has 2 heteroatoms. The Balaban J connectivity index is 1.18. The summed E-state index contributed by atoms with van der Waals surface area (Å²) in [4.78, 5) is 5.56. The van der Waals surface area contributed by atoms with Crippen LogP contribution in [0.1, 0.15) is 88.5 Å². The Labute approximate surface area is 332 Å². The van der Waals surface area contributed by atoms with Gasteiger partial charge in [-0.1, -0.05) is 137 Å². The molecule has 6 aromatic rings. The molecule has 274 valence electrons. The number of benzene rings is 6. The highest BCUT2D eigenvalue weighted by Gasteiger charge is 2.65. The van der Waals surface area contributed by atoms with Crippen LogP contribution in [0.25, 0.3) is 22.3 Å². The maximum Gasteiger partial charge on any atom is 0.0471 e. The Morgan fingerprint density at radius 1 is 0.509 bits per heavy atom. The van der Waals surface area contributed by atoms with Crippen molar-refractivity contribution in [3.05, 3.63) is 162 Å². The van der Waals surface area contributed by atoms with E-state index in [1.165, 1.54) is 98.8 Å². The summed E-state index contributed by atoms with van der Waals surface area (Å²) < 4.78 is 0. The standard InChI is InChI=1S/C53H51NS/c1-51(2)25-26-52(3,4)47-32-41(23-24-44(47)51)54(40-21-19-36(20-22-40)35-13-7-5-8-14-35)42-31-43(37-15-9-6-10-16-37)50-48(33-42)53(45-17-11-12-18-49(45)55-50)39-28-34-27-38(30-39)46(53)29-34/h5-24,31-34,38-39,46H,25-30H2,1-4H3. The molecular weight excluding hydrogens is 683 g/mol. The minimum Gasteiger partial charge on any atom is -0.310 e. The first-order valence-corrected chi connectivity index (χ1v) is 21.6. The van der Waals surface area contributed by atoms with Gasteiger partial charge in [-0.15, -0.1) is 0 Å². The van der Waals surface area contributed by atoms with E-state index < -0.39 is 0 Å². The molecule has 1 spiro atoms. The maximum absolute atomic E-state index is 2.68. The van der Waals surface area contributed by atoms with Gasteiger partial charge in [-0.05, 0) is 160 Å². The van der Waals surface area contributed by atoms with Crippen LogP contribution in [0.4, 0.5) is 17.1 Å². The number of rotatable bonds is 5. The van der Waals surface area contributed by atoms with E-state index in [1.807, 2.05) is 11.8 Å². The molecule has 55 heavy (non-hydrogen) atoms. The third-order valence-electron chi connectivity index (χ3n) is 15.0. The number of hydrogen-bond donors (Lipinski definition) is 0. The van der Waals surface area contributed by atoms with Gasteiger partial charge in [-0.25, -0.2) is 0 Å². The van der Waals surface area contributed by atoms with E-state index in [4.69, 9.17) is 0 Å². The molecule has 12 rings (SSSR count). The topological polar surface area (TPSA) is 3.24 Å². The van der Waals surface area contributed by atoms with Crippen LogP contribution in [-0.2, 0) is 16.2 Å². The van der Waals surface area contributed by atoms with Crippen LogP contribution >= 0.6 is 11.8 Å². The first-order chi connectivity index (χ1) is 26.7. The Hall–Kier alpha value is -4.53. The van der Waals surface area contributed by atoms with Gasteiger partial charge in [0, 0.05) is 32.3 Å². The second kappa shape index (κ2) is 12.2. The molecule has 0 N–H and O–H groups in total. The molecule has 5 atom stereocenters. The van der Waals surface area contributed by atoms with Gasteiger partial charge >= 0.3 is 0 Å². The summed E-state index contributed by atoms with van der Waals surface area (Å²) in [5, 5.41) is 0. The lowest BCUT2D eigenvalue weighted by Crippen LogP contribution is -2.44. The van der Waals surface area contributed by atoms with Crippen molar-refractivity contribution in [3.63, 3.8) is 0 Å². The summed E-state index contributed by atoms with van der Waals surface area (Å²) in [5.74, 6) is 3.15. The van der Waals surface area contributed by atoms with Gasteiger partial charge in [0.25, 0.3) is 0 Å². The molecule has 5 unspecified atom stereocenters. The van der Waals surface area contributed by atoms with Crippen molar-refractivity contribution in [2.24, 2.45) is 23.7 Å². The van der Waals surface area contributed by atoms with E-state index in [0.29, 0.717) is 11.8 Å². The zero-order valence-electron chi connectivity index (χ0n) is 32.7. The first kappa shape index (κ1) is 33.8. The predicted octanol–water partition coefficient (Wildman–Crippen LogP) is 14.7. The van der Waals surface area contributed by atoms with Gasteiger partial charge in [0.15, 0.2) is 0 Å². The summed E-state index contributed by atoms with van der Waals surface area (Å²) in [7, 11) is 0. The van der Waals surface area contributed by atoms with Crippen molar-refractivity contribution >= 4 is 28.8 Å². The zero-order valence-corrected chi connectivity index (χ0v) is 33.5. The lowest BCUT2D eigenvalue weighted by atomic mass is 9.57. The van der Waals surface area contributed by atoms with Crippen LogP contribution in [0.15, 0.2) is 149 Å². The Morgan fingerprint density at radius 2 is 1.15 bits per heavy atom. The van der Waals surface area contributed by atoms with Crippen LogP contribution in [0.3, 0.4) is 0 Å². The normalized spacial score (nSPS) is 26.0. The summed E-state index contributed by atoms with van der Waals surface area (Å²) in [5.41, 5.74) is 15.4. The van der Waals surface area contributed by atoms with Gasteiger partial charge in [-0.2, -0.15) is 0 Å². The average Bonchev–Trinajstić information content (AvgIpc) is 3.62. The highest BCUT2D eigenvalue weighted by molar-refractivity contribution is 7.99. The fraction of sp³-hybridized carbons (Fsp3) is 0.321. The highest BCUT2D eigenvalue weighted by atomic mass is 32.2. The molecule has 1 aliphatic heterocycles. The summed E-state index contributed by atoms with van der Waals surface area (Å²) >= 11 is 2.03. The Bertz CT molecular complexity index is 2440. The zero-order chi connectivity index (χ0) is 37.1. The van der Waals surface area contributed by atoms with Crippen molar-refractivity contribution < 1.29 is 0 Å². The van der Waals surface area contributed by atoms with Crippen LogP contribution in [0.2, 0.25) is 0 Å². The smallest absolute Gasteiger partial charge is 0.0471 e. The lowest BCUT2D eigenvalue weighted by molar-refractivity contribution is 0.181. The highest BCUT2D eigenvalue weighted by Crippen LogP contribution is 2.73. The number of anilines is 3. The molecule has 4 fully saturated rings. The fourth-order valence-corrected chi connectivity index (χ4v) is 13.7. The van der Waals surface area contributed by atoms with Crippen LogP contribution in [-0.4, -0.2) is 0 Å². The molecule has 5 aliphatic carbocycles. The second-order valence-electron chi connectivity index (χ2n) is 18.8. The summed E-state index contributed by atoms with van der Waals surface area (Å²) in [6.07, 6.45) is 7.98. The molecule has 0 radical (unpaired) electrons. The summed E-state index contributed by atoms with van der Waals surface area (Å²) in [6.45, 7) is 9.79. The second-order valence-corrected chi connectivity index (χ2v) is 19.9. The molecule has 6 aromatic carbocycles. The summed E-state index contributed by atoms with van der Waals surface area (Å²) in [6, 6.07) is 53.6. The monoisotopic (exact) mass is 733 g/mol. The Kier molecular flexibility index (Phi) is 7.51. The van der Waals surface area contributed by atoms with Gasteiger partial charge in [0.2, 0.25) is 0 Å². The average molecular weight is 734 g/mol. The van der Waals surface area contributed by atoms with E-state index in [2.05, 4.69) is 172 Å². The van der Waals surface area contributed by atoms with Crippen molar-refractivity contribution in [1.29, 1.82) is 0 Å². The van der Waals surface area contributed by atoms with Crippen molar-refractivity contribution in [2.75, 3.05) is 4.90 Å². The quantitative estimate of drug-likeness (QED) is 0.174. The third kappa shape index (κ3) is 5.06. The SMILES string of the molecule is CC1(C)CCC(C)(C)c2cc(N(c3ccc(-c4ccccc4)cc3)c3cc(-c4ccccc4)c4c(c3)C3(c5ccccc5S4)C4CC5CC(C4)C3C5)ccc21. The molecule has 6 aliphatic rings. The van der Waals surface area contributed by atoms with E-state index in [9.17, 15) is 0 Å². The molecule has 0 aromatic heterocycles. The predicted molar refractivity (Wildman–Crippen MR) is 231 cm³/mol. The van der Waals surface area contributed by atoms with Crippen LogP contribution in [0.5, 0.6) is 0 Å². The van der Waals surface area contributed by atoms with Crippen LogP contribution in [0, 0.1) is 23.7 Å². The molecule has 4 bridgehead atoms. The molecule has 1 heterocycles. The maximum atomic E-state index is 2.68. The van der Waals surface area contributed by atoms with Crippen molar-refractivity contribution in [2.45, 2.75) is 92.3 Å². The van der Waals surface area contributed by atoms with Gasteiger partial charge < -0.3 is 4.90 Å². The van der Waals surface area contributed by atoms with E-state index in [0.717, 1.165) is 11.8 Å². The van der Waals surface area contributed by atoms with Crippen LogP contribution < -0.4 is 4.90 Å². The Morgan fingerprint density at radius 3 is 1.89 bits per heavy atom. The fourth-order valence-electron chi connectivity index (χ4n) is 12.4. The molecule has 0 saturated heterocycles. The molecule has 1 nitrogen and oxygen atoms in total. The van der Waals surface area contributed by atoms with Crippen molar-refractivity contribution in [3.8, 4) is 22.3 Å². The lowest BCUT2D eigenvalue weighted by Gasteiger charge is -2.50.